The lowest BCUT2D eigenvalue weighted by Gasteiger charge is -2.14. The Morgan fingerprint density at radius 1 is 1.41 bits per heavy atom. The number of hydrogen-bond donors (Lipinski definition) is 1. The van der Waals surface area contributed by atoms with Crippen LogP contribution in [0.4, 0.5) is 0 Å². The minimum absolute atomic E-state index is 0.198. The SMILES string of the molecule is COC1CN(Cc2ccccc2)CC1C(=O)O. The predicted octanol–water partition coefficient (Wildman–Crippen LogP) is 1.22. The van der Waals surface area contributed by atoms with Gasteiger partial charge in [0.25, 0.3) is 0 Å². The van der Waals surface area contributed by atoms with Gasteiger partial charge in [0.15, 0.2) is 0 Å². The van der Waals surface area contributed by atoms with Gasteiger partial charge in [0.05, 0.1) is 12.0 Å². The van der Waals surface area contributed by atoms with E-state index in [2.05, 4.69) is 17.0 Å². The maximum atomic E-state index is 11.1. The van der Waals surface area contributed by atoms with Crippen LogP contribution in [0.25, 0.3) is 0 Å². The Bertz CT molecular complexity index is 380. The lowest BCUT2D eigenvalue weighted by atomic mass is 10.1. The zero-order chi connectivity index (χ0) is 12.3. The number of methoxy groups -OCH3 is 1. The minimum Gasteiger partial charge on any atom is -0.481 e. The Hall–Kier alpha value is -1.39. The van der Waals surface area contributed by atoms with Crippen LogP contribution in [0, 0.1) is 5.92 Å². The average molecular weight is 235 g/mol. The van der Waals surface area contributed by atoms with Crippen LogP contribution in [0.2, 0.25) is 0 Å². The second kappa shape index (κ2) is 5.29. The second-order valence-electron chi connectivity index (χ2n) is 4.40. The van der Waals surface area contributed by atoms with Crippen molar-refractivity contribution in [2.24, 2.45) is 5.92 Å². The zero-order valence-electron chi connectivity index (χ0n) is 9.87. The molecule has 4 heteroatoms. The quantitative estimate of drug-likeness (QED) is 0.852. The van der Waals surface area contributed by atoms with Crippen LogP contribution in [0.3, 0.4) is 0 Å². The molecule has 0 spiro atoms. The van der Waals surface area contributed by atoms with E-state index < -0.39 is 11.9 Å². The lowest BCUT2D eigenvalue weighted by molar-refractivity contribution is -0.144. The zero-order valence-corrected chi connectivity index (χ0v) is 9.87. The highest BCUT2D eigenvalue weighted by atomic mass is 16.5. The summed E-state index contributed by atoms with van der Waals surface area (Å²) >= 11 is 0. The highest BCUT2D eigenvalue weighted by Gasteiger charge is 2.37. The van der Waals surface area contributed by atoms with Crippen LogP contribution in [0.1, 0.15) is 5.56 Å². The number of ether oxygens (including phenoxy) is 1. The highest BCUT2D eigenvalue weighted by Crippen LogP contribution is 2.21. The van der Waals surface area contributed by atoms with Gasteiger partial charge in [-0.2, -0.15) is 0 Å². The fourth-order valence-corrected chi connectivity index (χ4v) is 2.30. The van der Waals surface area contributed by atoms with E-state index in [0.29, 0.717) is 13.1 Å². The van der Waals surface area contributed by atoms with E-state index in [1.54, 1.807) is 7.11 Å². The van der Waals surface area contributed by atoms with Gasteiger partial charge in [-0.05, 0) is 5.56 Å². The topological polar surface area (TPSA) is 49.8 Å². The third-order valence-corrected chi connectivity index (χ3v) is 3.21. The first-order chi connectivity index (χ1) is 8.20. The first kappa shape index (κ1) is 12.1. The molecular formula is C13H17NO3. The van der Waals surface area contributed by atoms with E-state index in [1.165, 1.54) is 5.56 Å². The van der Waals surface area contributed by atoms with Gasteiger partial charge >= 0.3 is 5.97 Å². The van der Waals surface area contributed by atoms with Gasteiger partial charge < -0.3 is 9.84 Å². The number of benzene rings is 1. The number of hydrogen-bond acceptors (Lipinski definition) is 3. The second-order valence-corrected chi connectivity index (χ2v) is 4.40. The molecule has 4 nitrogen and oxygen atoms in total. The van der Waals surface area contributed by atoms with Crippen molar-refractivity contribution in [2.75, 3.05) is 20.2 Å². The molecule has 1 aliphatic rings. The molecule has 1 fully saturated rings. The van der Waals surface area contributed by atoms with E-state index in [-0.39, 0.29) is 6.10 Å². The van der Waals surface area contributed by atoms with E-state index in [0.717, 1.165) is 6.54 Å². The van der Waals surface area contributed by atoms with Gasteiger partial charge in [-0.15, -0.1) is 0 Å². The molecule has 2 atom stereocenters. The predicted molar refractivity (Wildman–Crippen MR) is 63.6 cm³/mol. The van der Waals surface area contributed by atoms with Crippen LogP contribution >= 0.6 is 0 Å². The first-order valence-electron chi connectivity index (χ1n) is 5.72. The summed E-state index contributed by atoms with van der Waals surface area (Å²) in [7, 11) is 1.58. The summed E-state index contributed by atoms with van der Waals surface area (Å²) in [5.41, 5.74) is 1.20. The molecule has 0 amide bonds. The molecule has 0 saturated carbocycles. The van der Waals surface area contributed by atoms with Crippen molar-refractivity contribution in [1.82, 2.24) is 4.90 Å². The van der Waals surface area contributed by atoms with Crippen molar-refractivity contribution in [1.29, 1.82) is 0 Å². The third kappa shape index (κ3) is 2.84. The van der Waals surface area contributed by atoms with Gasteiger partial charge in [-0.1, -0.05) is 30.3 Å². The van der Waals surface area contributed by atoms with Gasteiger partial charge in [0.1, 0.15) is 0 Å². The normalized spacial score (nSPS) is 25.0. The maximum absolute atomic E-state index is 11.1. The van der Waals surface area contributed by atoms with Crippen LogP contribution in [-0.2, 0) is 16.1 Å². The van der Waals surface area contributed by atoms with Crippen molar-refractivity contribution >= 4 is 5.97 Å². The standard InChI is InChI=1S/C13H17NO3/c1-17-12-9-14(8-11(12)13(15)16)7-10-5-3-2-4-6-10/h2-6,11-12H,7-9H2,1H3,(H,15,16). The molecule has 1 heterocycles. The summed E-state index contributed by atoms with van der Waals surface area (Å²) in [5.74, 6) is -1.18. The Morgan fingerprint density at radius 3 is 2.65 bits per heavy atom. The fraction of sp³-hybridized carbons (Fsp3) is 0.462. The number of likely N-dealkylation sites (tertiary alicyclic amines) is 1. The molecule has 92 valence electrons. The minimum atomic E-state index is -0.771. The van der Waals surface area contributed by atoms with Crippen molar-refractivity contribution < 1.29 is 14.6 Å². The first-order valence-corrected chi connectivity index (χ1v) is 5.72. The Morgan fingerprint density at radius 2 is 2.12 bits per heavy atom. The summed E-state index contributed by atoms with van der Waals surface area (Å²) in [6.45, 7) is 2.02. The highest BCUT2D eigenvalue weighted by molar-refractivity contribution is 5.71. The largest absolute Gasteiger partial charge is 0.481 e. The summed E-state index contributed by atoms with van der Waals surface area (Å²) in [6.07, 6.45) is -0.198. The number of carboxylic acid groups (broad SMARTS) is 1. The smallest absolute Gasteiger partial charge is 0.310 e. The van der Waals surface area contributed by atoms with E-state index in [4.69, 9.17) is 9.84 Å². The Kier molecular flexibility index (Phi) is 3.76. The Balaban J connectivity index is 1.99. The van der Waals surface area contributed by atoms with Crippen molar-refractivity contribution in [3.05, 3.63) is 35.9 Å². The van der Waals surface area contributed by atoms with Gasteiger partial charge in [0, 0.05) is 26.7 Å². The average Bonchev–Trinajstić information content (AvgIpc) is 2.73. The van der Waals surface area contributed by atoms with Gasteiger partial charge in [-0.25, -0.2) is 0 Å². The molecule has 1 N–H and O–H groups in total. The van der Waals surface area contributed by atoms with E-state index >= 15 is 0 Å². The van der Waals surface area contributed by atoms with Crippen molar-refractivity contribution in [3.8, 4) is 0 Å². The molecule has 0 bridgehead atoms. The van der Waals surface area contributed by atoms with Crippen LogP contribution < -0.4 is 0 Å². The lowest BCUT2D eigenvalue weighted by Crippen LogP contribution is -2.27. The molecule has 1 saturated heterocycles. The van der Waals surface area contributed by atoms with Gasteiger partial charge in [0.2, 0.25) is 0 Å². The molecule has 2 unspecified atom stereocenters. The summed E-state index contributed by atoms with van der Waals surface area (Å²) < 4.78 is 5.23. The number of carbonyl (C=O) groups is 1. The molecule has 0 radical (unpaired) electrons. The molecule has 2 rings (SSSR count). The Labute approximate surface area is 101 Å². The van der Waals surface area contributed by atoms with Crippen molar-refractivity contribution in [2.45, 2.75) is 12.6 Å². The third-order valence-electron chi connectivity index (χ3n) is 3.21. The van der Waals surface area contributed by atoms with Crippen LogP contribution in [0.15, 0.2) is 30.3 Å². The molecule has 1 aromatic rings. The van der Waals surface area contributed by atoms with Crippen LogP contribution in [-0.4, -0.2) is 42.3 Å². The monoisotopic (exact) mass is 235 g/mol. The van der Waals surface area contributed by atoms with E-state index in [9.17, 15) is 4.79 Å². The summed E-state index contributed by atoms with van der Waals surface area (Å²) in [4.78, 5) is 13.2. The number of carboxylic acids is 1. The molecule has 1 aromatic carbocycles. The molecule has 1 aliphatic heterocycles. The molecular weight excluding hydrogens is 218 g/mol. The van der Waals surface area contributed by atoms with Crippen molar-refractivity contribution in [3.63, 3.8) is 0 Å². The maximum Gasteiger partial charge on any atom is 0.310 e. The van der Waals surface area contributed by atoms with E-state index in [1.807, 2.05) is 18.2 Å². The summed E-state index contributed by atoms with van der Waals surface area (Å²) in [5, 5.41) is 9.09. The fourth-order valence-electron chi connectivity index (χ4n) is 2.30. The molecule has 0 aromatic heterocycles. The number of nitrogens with zero attached hydrogens (tertiary/aromatic N) is 1. The molecule has 17 heavy (non-hydrogen) atoms. The molecule has 0 aliphatic carbocycles. The van der Waals surface area contributed by atoms with Gasteiger partial charge in [-0.3, -0.25) is 9.69 Å². The summed E-state index contributed by atoms with van der Waals surface area (Å²) in [6, 6.07) is 10.1. The number of aliphatic carboxylic acids is 1. The number of rotatable bonds is 4. The van der Waals surface area contributed by atoms with Crippen LogP contribution in [0.5, 0.6) is 0 Å².